The van der Waals surface area contributed by atoms with Crippen LogP contribution in [-0.4, -0.2) is 38.5 Å². The van der Waals surface area contributed by atoms with Crippen LogP contribution in [0.4, 0.5) is 0 Å². The summed E-state index contributed by atoms with van der Waals surface area (Å²) in [6.07, 6.45) is 2.03. The van der Waals surface area contributed by atoms with Gasteiger partial charge in [-0.25, -0.2) is 14.2 Å². The average Bonchev–Trinajstić information content (AvgIpc) is 2.74. The third-order valence-corrected chi connectivity index (χ3v) is 5.36. The molecule has 2 atom stereocenters. The molecular formula is C21H21N3O5S. The minimum absolute atomic E-state index is 0.190. The summed E-state index contributed by atoms with van der Waals surface area (Å²) in [5, 5.41) is 12.4. The number of hydrogen-bond acceptors (Lipinski definition) is 5. The molecule has 1 heterocycles. The third kappa shape index (κ3) is 4.46. The number of H-pyrrole nitrogens is 1. The summed E-state index contributed by atoms with van der Waals surface area (Å²) in [5.41, 5.74) is -0.545. The van der Waals surface area contributed by atoms with Gasteiger partial charge in [0.1, 0.15) is 6.04 Å². The summed E-state index contributed by atoms with van der Waals surface area (Å²) >= 11 is 1.45. The largest absolute Gasteiger partial charge is 0.479 e. The van der Waals surface area contributed by atoms with Crippen LogP contribution in [0.1, 0.15) is 24.1 Å². The number of aromatic nitrogens is 2. The van der Waals surface area contributed by atoms with E-state index in [1.165, 1.54) is 11.8 Å². The third-order valence-electron chi connectivity index (χ3n) is 4.71. The molecule has 0 radical (unpaired) electrons. The molecule has 2 aromatic carbocycles. The Labute approximate surface area is 175 Å². The Morgan fingerprint density at radius 3 is 2.43 bits per heavy atom. The Morgan fingerprint density at radius 1 is 1.10 bits per heavy atom. The van der Waals surface area contributed by atoms with Gasteiger partial charge in [0.15, 0.2) is 6.04 Å². The van der Waals surface area contributed by atoms with Gasteiger partial charge in [0.05, 0.1) is 10.9 Å². The van der Waals surface area contributed by atoms with Crippen molar-refractivity contribution in [3.63, 3.8) is 0 Å². The van der Waals surface area contributed by atoms with Crippen LogP contribution in [0.25, 0.3) is 10.9 Å². The molecule has 2 unspecified atom stereocenters. The number of fused-ring (bicyclic) bond motifs is 1. The molecule has 1 amide bonds. The van der Waals surface area contributed by atoms with Crippen molar-refractivity contribution in [2.75, 3.05) is 12.0 Å². The number of aliphatic carboxylic acids is 1. The van der Waals surface area contributed by atoms with Crippen molar-refractivity contribution < 1.29 is 14.7 Å². The van der Waals surface area contributed by atoms with Gasteiger partial charge in [-0.3, -0.25) is 9.59 Å². The van der Waals surface area contributed by atoms with Crippen molar-refractivity contribution in [3.8, 4) is 0 Å². The summed E-state index contributed by atoms with van der Waals surface area (Å²) in [6, 6.07) is 12.3. The fourth-order valence-corrected chi connectivity index (χ4v) is 3.70. The molecule has 30 heavy (non-hydrogen) atoms. The summed E-state index contributed by atoms with van der Waals surface area (Å²) in [5.74, 6) is -1.44. The van der Waals surface area contributed by atoms with Crippen LogP contribution in [0.15, 0.2) is 64.2 Å². The van der Waals surface area contributed by atoms with Crippen molar-refractivity contribution in [1.82, 2.24) is 14.9 Å². The number of nitrogens with zero attached hydrogens (tertiary/aromatic N) is 1. The Morgan fingerprint density at radius 2 is 1.77 bits per heavy atom. The van der Waals surface area contributed by atoms with Crippen molar-refractivity contribution in [1.29, 1.82) is 0 Å². The highest BCUT2D eigenvalue weighted by atomic mass is 32.2. The molecule has 0 aliphatic heterocycles. The van der Waals surface area contributed by atoms with Gasteiger partial charge in [0, 0.05) is 0 Å². The number of benzene rings is 2. The zero-order chi connectivity index (χ0) is 21.7. The van der Waals surface area contributed by atoms with Gasteiger partial charge >= 0.3 is 11.7 Å². The molecule has 0 aliphatic rings. The van der Waals surface area contributed by atoms with E-state index in [0.29, 0.717) is 16.8 Å². The van der Waals surface area contributed by atoms with E-state index in [1.807, 2.05) is 6.26 Å². The molecule has 3 rings (SSSR count). The fraction of sp³-hybridized carbons (Fsp3) is 0.238. The highest BCUT2D eigenvalue weighted by Gasteiger charge is 2.29. The molecule has 0 saturated heterocycles. The van der Waals surface area contributed by atoms with E-state index in [4.69, 9.17) is 0 Å². The number of carbonyl (C=O) groups excluding carboxylic acids is 1. The van der Waals surface area contributed by atoms with Crippen molar-refractivity contribution in [2.24, 2.45) is 0 Å². The minimum Gasteiger partial charge on any atom is -0.479 e. The first-order chi connectivity index (χ1) is 14.4. The number of carboxylic acids is 1. The van der Waals surface area contributed by atoms with Crippen molar-refractivity contribution in [3.05, 3.63) is 81.0 Å². The first kappa shape index (κ1) is 21.4. The normalized spacial score (nSPS) is 13.0. The number of para-hydroxylation sites is 1. The number of carboxylic acid groups (broad SMARTS) is 1. The monoisotopic (exact) mass is 427 g/mol. The molecule has 9 heteroatoms. The van der Waals surface area contributed by atoms with Crippen LogP contribution in [-0.2, 0) is 9.59 Å². The van der Waals surface area contributed by atoms with Gasteiger partial charge in [-0.1, -0.05) is 42.5 Å². The number of aromatic amines is 1. The van der Waals surface area contributed by atoms with Crippen LogP contribution in [0.5, 0.6) is 0 Å². The molecule has 3 aromatic rings. The van der Waals surface area contributed by atoms with Gasteiger partial charge in [-0.05, 0) is 36.1 Å². The van der Waals surface area contributed by atoms with Gasteiger partial charge in [0.2, 0.25) is 5.91 Å². The van der Waals surface area contributed by atoms with E-state index in [9.17, 15) is 24.3 Å². The molecule has 0 aliphatic carbocycles. The second-order valence-corrected chi connectivity index (χ2v) is 7.62. The van der Waals surface area contributed by atoms with Crippen LogP contribution in [0.2, 0.25) is 0 Å². The predicted octanol–water partition coefficient (Wildman–Crippen LogP) is 1.93. The van der Waals surface area contributed by atoms with Crippen LogP contribution < -0.4 is 16.6 Å². The summed E-state index contributed by atoms with van der Waals surface area (Å²) in [6.45, 7) is 0. The Kier molecular flexibility index (Phi) is 6.73. The molecule has 8 nitrogen and oxygen atoms in total. The fourth-order valence-electron chi connectivity index (χ4n) is 3.24. The molecular weight excluding hydrogens is 406 g/mol. The Hall–Kier alpha value is -3.33. The quantitative estimate of drug-likeness (QED) is 0.505. The van der Waals surface area contributed by atoms with Gasteiger partial charge in [-0.2, -0.15) is 11.8 Å². The summed E-state index contributed by atoms with van der Waals surface area (Å²) in [7, 11) is 0. The minimum atomic E-state index is -1.30. The lowest BCUT2D eigenvalue weighted by Gasteiger charge is -2.22. The number of carbonyl (C=O) groups is 2. The van der Waals surface area contributed by atoms with E-state index in [1.54, 1.807) is 54.6 Å². The lowest BCUT2D eigenvalue weighted by molar-refractivity contribution is -0.142. The Balaban J connectivity index is 2.03. The first-order valence-corrected chi connectivity index (χ1v) is 10.6. The molecule has 0 saturated carbocycles. The van der Waals surface area contributed by atoms with Crippen LogP contribution in [0, 0.1) is 0 Å². The SMILES string of the molecule is CSCCC(C(=O)NC(C(=O)O)c1ccccc1)n1c(=O)[nH]c2ccccc2c1=O. The van der Waals surface area contributed by atoms with Crippen molar-refractivity contribution in [2.45, 2.75) is 18.5 Å². The topological polar surface area (TPSA) is 121 Å². The van der Waals surface area contributed by atoms with Gasteiger partial charge in [0.25, 0.3) is 5.56 Å². The van der Waals surface area contributed by atoms with Crippen LogP contribution in [0.3, 0.4) is 0 Å². The maximum absolute atomic E-state index is 13.1. The maximum Gasteiger partial charge on any atom is 0.330 e. The summed E-state index contributed by atoms with van der Waals surface area (Å²) in [4.78, 5) is 53.1. The number of thioether (sulfide) groups is 1. The first-order valence-electron chi connectivity index (χ1n) is 9.24. The van der Waals surface area contributed by atoms with E-state index in [2.05, 4.69) is 10.3 Å². The van der Waals surface area contributed by atoms with E-state index >= 15 is 0 Å². The smallest absolute Gasteiger partial charge is 0.330 e. The number of amides is 1. The van der Waals surface area contributed by atoms with E-state index in [0.717, 1.165) is 4.57 Å². The lowest BCUT2D eigenvalue weighted by atomic mass is 10.1. The van der Waals surface area contributed by atoms with Gasteiger partial charge in [-0.15, -0.1) is 0 Å². The highest BCUT2D eigenvalue weighted by Crippen LogP contribution is 2.18. The second kappa shape index (κ2) is 9.45. The number of nitrogens with one attached hydrogen (secondary N) is 2. The Bertz CT molecular complexity index is 1170. The number of rotatable bonds is 8. The average molecular weight is 427 g/mol. The summed E-state index contributed by atoms with van der Waals surface area (Å²) < 4.78 is 0.873. The lowest BCUT2D eigenvalue weighted by Crippen LogP contribution is -2.46. The molecule has 3 N–H and O–H groups in total. The second-order valence-electron chi connectivity index (χ2n) is 6.64. The molecule has 0 bridgehead atoms. The van der Waals surface area contributed by atoms with E-state index < -0.39 is 35.2 Å². The zero-order valence-corrected chi connectivity index (χ0v) is 17.0. The molecule has 156 valence electrons. The molecule has 1 aromatic heterocycles. The van der Waals surface area contributed by atoms with E-state index in [-0.39, 0.29) is 11.8 Å². The van der Waals surface area contributed by atoms with Crippen LogP contribution >= 0.6 is 11.8 Å². The zero-order valence-electron chi connectivity index (χ0n) is 16.2. The number of hydrogen-bond donors (Lipinski definition) is 3. The maximum atomic E-state index is 13.1. The molecule has 0 spiro atoms. The standard InChI is InChI=1S/C21H21N3O5S/c1-30-12-11-16(18(25)23-17(20(27)28)13-7-3-2-4-8-13)24-19(26)14-9-5-6-10-15(14)22-21(24)29/h2-10,16-17H,11-12H2,1H3,(H,22,29)(H,23,25)(H,27,28). The predicted molar refractivity (Wildman–Crippen MR) is 116 cm³/mol. The highest BCUT2D eigenvalue weighted by molar-refractivity contribution is 7.98. The van der Waals surface area contributed by atoms with Crippen molar-refractivity contribution >= 4 is 34.5 Å². The molecule has 0 fully saturated rings. The van der Waals surface area contributed by atoms with Gasteiger partial charge < -0.3 is 15.4 Å².